The molecule has 0 bridgehead atoms. The summed E-state index contributed by atoms with van der Waals surface area (Å²) in [5.74, 6) is -2.57. The minimum atomic E-state index is -4.78. The maximum Gasteiger partial charge on any atom is 0.420 e. The van der Waals surface area contributed by atoms with Crippen LogP contribution in [0.15, 0.2) is 55.0 Å². The molecule has 0 radical (unpaired) electrons. The minimum Gasteiger partial charge on any atom is -0.462 e. The molecule has 0 aliphatic rings. The summed E-state index contributed by atoms with van der Waals surface area (Å²) in [6.45, 7) is 9.39. The molecule has 1 aromatic carbocycles. The van der Waals surface area contributed by atoms with Gasteiger partial charge in [0.15, 0.2) is 0 Å². The molecule has 1 rings (SSSR count). The van der Waals surface area contributed by atoms with E-state index in [0.29, 0.717) is 6.07 Å². The first kappa shape index (κ1) is 20.0. The Kier molecular flexibility index (Phi) is 6.55. The summed E-state index contributed by atoms with van der Waals surface area (Å²) in [5.41, 5.74) is -1.10. The smallest absolute Gasteiger partial charge is 0.420 e. The zero-order valence-electron chi connectivity index (χ0n) is 13.5. The zero-order chi connectivity index (χ0) is 19.2. The van der Waals surface area contributed by atoms with Crippen molar-refractivity contribution in [3.8, 4) is 11.5 Å². The van der Waals surface area contributed by atoms with Gasteiger partial charge in [0.25, 0.3) is 0 Å². The number of alkyl halides is 3. The number of esters is 2. The van der Waals surface area contributed by atoms with Crippen molar-refractivity contribution in [2.45, 2.75) is 20.0 Å². The van der Waals surface area contributed by atoms with Gasteiger partial charge in [0.2, 0.25) is 0 Å². The maximum absolute atomic E-state index is 13.1. The molecule has 0 atom stereocenters. The highest BCUT2D eigenvalue weighted by atomic mass is 19.4. The molecule has 0 fully saturated rings. The predicted octanol–water partition coefficient (Wildman–Crippen LogP) is 4.16. The number of carbonyl (C=O) groups excluding carboxylic acids is 2. The average Bonchev–Trinajstić information content (AvgIpc) is 2.51. The predicted molar refractivity (Wildman–Crippen MR) is 82.6 cm³/mol. The van der Waals surface area contributed by atoms with Crippen molar-refractivity contribution in [1.29, 1.82) is 0 Å². The summed E-state index contributed by atoms with van der Waals surface area (Å²) in [6.07, 6.45) is -3.03. The van der Waals surface area contributed by atoms with E-state index in [4.69, 9.17) is 4.74 Å². The van der Waals surface area contributed by atoms with Crippen LogP contribution in [0, 0.1) is 0 Å². The third-order valence-corrected chi connectivity index (χ3v) is 2.59. The fraction of sp³-hybridized carbons (Fsp3) is 0.176. The first-order chi connectivity index (χ1) is 11.5. The topological polar surface area (TPSA) is 61.8 Å². The molecule has 0 aromatic heterocycles. The molecule has 5 nitrogen and oxygen atoms in total. The lowest BCUT2D eigenvalue weighted by Crippen LogP contribution is -2.14. The van der Waals surface area contributed by atoms with E-state index in [1.54, 1.807) is 0 Å². The van der Waals surface area contributed by atoms with Gasteiger partial charge in [-0.15, -0.1) is 0 Å². The highest BCUT2D eigenvalue weighted by Crippen LogP contribution is 2.38. The van der Waals surface area contributed by atoms with Crippen molar-refractivity contribution in [1.82, 2.24) is 0 Å². The van der Waals surface area contributed by atoms with Gasteiger partial charge >= 0.3 is 18.1 Å². The molecule has 0 N–H and O–H groups in total. The normalized spacial score (nSPS) is 11.1. The van der Waals surface area contributed by atoms with Crippen LogP contribution in [0.1, 0.15) is 19.4 Å². The number of rotatable bonds is 6. The van der Waals surface area contributed by atoms with Crippen molar-refractivity contribution >= 4 is 11.9 Å². The summed E-state index contributed by atoms with van der Waals surface area (Å²) < 4.78 is 53.5. The fourth-order valence-electron chi connectivity index (χ4n) is 1.38. The number of hydrogen-bond acceptors (Lipinski definition) is 5. The number of ether oxygens (including phenoxy) is 3. The number of benzene rings is 1. The summed E-state index contributed by atoms with van der Waals surface area (Å²) in [4.78, 5) is 22.5. The van der Waals surface area contributed by atoms with Crippen molar-refractivity contribution in [3.63, 3.8) is 0 Å². The lowest BCUT2D eigenvalue weighted by Gasteiger charge is -2.14. The van der Waals surface area contributed by atoms with Crippen molar-refractivity contribution < 1.29 is 37.0 Å². The van der Waals surface area contributed by atoms with Gasteiger partial charge in [-0.25, -0.2) is 9.59 Å². The number of hydrogen-bond donors (Lipinski definition) is 0. The monoisotopic (exact) mass is 356 g/mol. The Bertz CT molecular complexity index is 732. The quantitative estimate of drug-likeness (QED) is 0.332. The van der Waals surface area contributed by atoms with E-state index >= 15 is 0 Å². The van der Waals surface area contributed by atoms with Crippen LogP contribution in [0.2, 0.25) is 0 Å². The molecule has 0 aliphatic carbocycles. The fourth-order valence-corrected chi connectivity index (χ4v) is 1.38. The van der Waals surface area contributed by atoms with Crippen LogP contribution >= 0.6 is 0 Å². The van der Waals surface area contributed by atoms with E-state index in [9.17, 15) is 22.8 Å². The Hall–Kier alpha value is -3.03. The number of carbonyl (C=O) groups is 2. The van der Waals surface area contributed by atoms with Crippen molar-refractivity contribution in [2.75, 3.05) is 0 Å². The molecule has 0 aliphatic heterocycles. The van der Waals surface area contributed by atoms with Gasteiger partial charge in [0, 0.05) is 11.1 Å². The standard InChI is InChI=1S/C17H15F3O5/c1-10(2)15(21)24-8-7-23-12-5-6-14(25-16(22)11(3)4)13(9-12)17(18,19)20/h5-9H,1,3H2,2,4H3. The van der Waals surface area contributed by atoms with E-state index in [-0.39, 0.29) is 16.9 Å². The van der Waals surface area contributed by atoms with Gasteiger partial charge in [-0.1, -0.05) is 13.2 Å². The van der Waals surface area contributed by atoms with E-state index < -0.39 is 29.4 Å². The second-order valence-electron chi connectivity index (χ2n) is 4.90. The molecule has 0 amide bonds. The number of halogens is 3. The van der Waals surface area contributed by atoms with E-state index in [2.05, 4.69) is 22.6 Å². The largest absolute Gasteiger partial charge is 0.462 e. The summed E-state index contributed by atoms with van der Waals surface area (Å²) in [6, 6.07) is 2.74. The SMILES string of the molecule is C=C(C)C(=O)OC=COc1ccc(OC(=O)C(=C)C)c(C(F)(F)F)c1. The Morgan fingerprint density at radius 3 is 2.16 bits per heavy atom. The second kappa shape index (κ2) is 8.18. The van der Waals surface area contributed by atoms with E-state index in [1.807, 2.05) is 0 Å². The van der Waals surface area contributed by atoms with Gasteiger partial charge in [0.05, 0.1) is 0 Å². The van der Waals surface area contributed by atoms with Gasteiger partial charge in [-0.3, -0.25) is 0 Å². The molecular formula is C17H15F3O5. The first-order valence-electron chi connectivity index (χ1n) is 6.79. The van der Waals surface area contributed by atoms with Crippen LogP contribution in [0.4, 0.5) is 13.2 Å². The van der Waals surface area contributed by atoms with Crippen molar-refractivity contribution in [2.24, 2.45) is 0 Å². The summed E-state index contributed by atoms with van der Waals surface area (Å²) in [7, 11) is 0. The van der Waals surface area contributed by atoms with Crippen LogP contribution in [0.25, 0.3) is 0 Å². The van der Waals surface area contributed by atoms with E-state index in [1.165, 1.54) is 13.8 Å². The third-order valence-electron chi connectivity index (χ3n) is 2.59. The Morgan fingerprint density at radius 1 is 1.04 bits per heavy atom. The lowest BCUT2D eigenvalue weighted by atomic mass is 10.2. The van der Waals surface area contributed by atoms with E-state index in [0.717, 1.165) is 24.7 Å². The highest BCUT2D eigenvalue weighted by molar-refractivity contribution is 5.89. The summed E-state index contributed by atoms with van der Waals surface area (Å²) >= 11 is 0. The van der Waals surface area contributed by atoms with Crippen molar-refractivity contribution in [3.05, 3.63) is 60.6 Å². The molecule has 134 valence electrons. The molecule has 0 saturated carbocycles. The molecular weight excluding hydrogens is 341 g/mol. The Morgan fingerprint density at radius 2 is 1.64 bits per heavy atom. The molecule has 0 heterocycles. The minimum absolute atomic E-state index is 0.0456. The van der Waals surface area contributed by atoms with Crippen LogP contribution in [-0.4, -0.2) is 11.9 Å². The first-order valence-corrected chi connectivity index (χ1v) is 6.79. The zero-order valence-corrected chi connectivity index (χ0v) is 13.5. The molecule has 0 spiro atoms. The van der Waals surface area contributed by atoms with Gasteiger partial charge in [-0.2, -0.15) is 13.2 Å². The van der Waals surface area contributed by atoms with Crippen LogP contribution in [0.3, 0.4) is 0 Å². The molecule has 8 heteroatoms. The second-order valence-corrected chi connectivity index (χ2v) is 4.90. The van der Waals surface area contributed by atoms with Crippen LogP contribution in [-0.2, 0) is 20.5 Å². The molecule has 0 saturated heterocycles. The highest BCUT2D eigenvalue weighted by Gasteiger charge is 2.35. The molecule has 0 unspecified atom stereocenters. The van der Waals surface area contributed by atoms with Crippen LogP contribution < -0.4 is 9.47 Å². The van der Waals surface area contributed by atoms with Gasteiger partial charge in [-0.05, 0) is 32.0 Å². The Balaban J connectivity index is 2.96. The maximum atomic E-state index is 13.1. The molecule has 1 aromatic rings. The van der Waals surface area contributed by atoms with Gasteiger partial charge in [0.1, 0.15) is 29.6 Å². The summed E-state index contributed by atoms with van der Waals surface area (Å²) in [5, 5.41) is 0. The Labute approximate surface area is 142 Å². The lowest BCUT2D eigenvalue weighted by molar-refractivity contribution is -0.141. The van der Waals surface area contributed by atoms with Crippen LogP contribution in [0.5, 0.6) is 11.5 Å². The third kappa shape index (κ3) is 6.17. The molecule has 25 heavy (non-hydrogen) atoms. The van der Waals surface area contributed by atoms with Gasteiger partial charge < -0.3 is 14.2 Å². The average molecular weight is 356 g/mol.